The minimum absolute atomic E-state index is 0.733. The molecule has 1 atom stereocenters. The molecule has 20 heavy (non-hydrogen) atoms. The van der Waals surface area contributed by atoms with Gasteiger partial charge in [-0.25, -0.2) is 0 Å². The van der Waals surface area contributed by atoms with E-state index in [4.69, 9.17) is 0 Å². The summed E-state index contributed by atoms with van der Waals surface area (Å²) in [5.74, 6) is 1.02. The van der Waals surface area contributed by atoms with Crippen molar-refractivity contribution in [3.8, 4) is 0 Å². The standard InChI is InChI=1S/C18H31NS/c1-2-13-19-18(11-9-17-12-14-20-15-17)10-8-16-6-4-3-5-7-16/h12,14-16,18-19H,2-11,13H2,1H3. The summed E-state index contributed by atoms with van der Waals surface area (Å²) in [4.78, 5) is 0. The van der Waals surface area contributed by atoms with E-state index in [1.807, 2.05) is 11.3 Å². The molecule has 1 nitrogen and oxygen atoms in total. The van der Waals surface area contributed by atoms with Gasteiger partial charge < -0.3 is 5.32 Å². The first-order valence-electron chi connectivity index (χ1n) is 8.63. The summed E-state index contributed by atoms with van der Waals surface area (Å²) in [6.07, 6.45) is 14.1. The molecule has 2 rings (SSSR count). The van der Waals surface area contributed by atoms with Gasteiger partial charge in [-0.3, -0.25) is 0 Å². The van der Waals surface area contributed by atoms with Gasteiger partial charge in [0.25, 0.3) is 0 Å². The number of nitrogens with one attached hydrogen (secondary N) is 1. The first kappa shape index (κ1) is 16.0. The Kier molecular flexibility index (Phi) is 7.67. The summed E-state index contributed by atoms with van der Waals surface area (Å²) in [6, 6.07) is 3.01. The fraction of sp³-hybridized carbons (Fsp3) is 0.778. The van der Waals surface area contributed by atoms with Gasteiger partial charge in [-0.2, -0.15) is 11.3 Å². The predicted molar refractivity (Wildman–Crippen MR) is 90.5 cm³/mol. The van der Waals surface area contributed by atoms with Crippen molar-refractivity contribution in [2.75, 3.05) is 6.54 Å². The lowest BCUT2D eigenvalue weighted by atomic mass is 9.84. The van der Waals surface area contributed by atoms with E-state index in [-0.39, 0.29) is 0 Å². The third-order valence-corrected chi connectivity index (χ3v) is 5.42. The van der Waals surface area contributed by atoms with Crippen LogP contribution in [0.3, 0.4) is 0 Å². The van der Waals surface area contributed by atoms with Crippen molar-refractivity contribution in [3.05, 3.63) is 22.4 Å². The summed E-state index contributed by atoms with van der Waals surface area (Å²) >= 11 is 1.82. The van der Waals surface area contributed by atoms with Gasteiger partial charge in [-0.05, 0) is 67.0 Å². The molecule has 1 unspecified atom stereocenters. The Hall–Kier alpha value is -0.340. The van der Waals surface area contributed by atoms with Crippen LogP contribution in [0.15, 0.2) is 16.8 Å². The monoisotopic (exact) mass is 293 g/mol. The van der Waals surface area contributed by atoms with Gasteiger partial charge in [0.15, 0.2) is 0 Å². The Labute approximate surface area is 129 Å². The van der Waals surface area contributed by atoms with E-state index in [0.717, 1.165) is 12.0 Å². The van der Waals surface area contributed by atoms with Crippen molar-refractivity contribution in [2.45, 2.75) is 77.2 Å². The zero-order valence-electron chi connectivity index (χ0n) is 13.1. The van der Waals surface area contributed by atoms with Crippen molar-refractivity contribution >= 4 is 11.3 Å². The molecule has 1 saturated carbocycles. The van der Waals surface area contributed by atoms with Gasteiger partial charge in [-0.15, -0.1) is 0 Å². The highest BCUT2D eigenvalue weighted by molar-refractivity contribution is 7.07. The van der Waals surface area contributed by atoms with Crippen LogP contribution in [0.4, 0.5) is 0 Å². The minimum Gasteiger partial charge on any atom is -0.314 e. The maximum atomic E-state index is 3.77. The zero-order valence-corrected chi connectivity index (χ0v) is 13.9. The number of rotatable bonds is 9. The fourth-order valence-electron chi connectivity index (χ4n) is 3.39. The lowest BCUT2D eigenvalue weighted by molar-refractivity contribution is 0.309. The van der Waals surface area contributed by atoms with Crippen molar-refractivity contribution in [3.63, 3.8) is 0 Å². The molecule has 1 fully saturated rings. The van der Waals surface area contributed by atoms with Crippen LogP contribution >= 0.6 is 11.3 Å². The van der Waals surface area contributed by atoms with Crippen LogP contribution in [0.2, 0.25) is 0 Å². The van der Waals surface area contributed by atoms with Crippen molar-refractivity contribution in [1.29, 1.82) is 0 Å². The molecule has 0 radical (unpaired) electrons. The van der Waals surface area contributed by atoms with Crippen LogP contribution in [0.1, 0.15) is 70.3 Å². The molecule has 1 aliphatic rings. The number of aryl methyl sites for hydroxylation is 1. The summed E-state index contributed by atoms with van der Waals surface area (Å²) in [5.41, 5.74) is 1.52. The van der Waals surface area contributed by atoms with Crippen LogP contribution < -0.4 is 5.32 Å². The molecule has 1 heterocycles. The first-order chi connectivity index (χ1) is 9.88. The van der Waals surface area contributed by atoms with E-state index >= 15 is 0 Å². The smallest absolute Gasteiger partial charge is 0.00703 e. The SMILES string of the molecule is CCCNC(CCc1ccsc1)CCC1CCCCC1. The van der Waals surface area contributed by atoms with E-state index in [1.54, 1.807) is 0 Å². The second kappa shape index (κ2) is 9.57. The van der Waals surface area contributed by atoms with E-state index in [1.165, 1.54) is 76.3 Å². The van der Waals surface area contributed by atoms with Gasteiger partial charge >= 0.3 is 0 Å². The van der Waals surface area contributed by atoms with E-state index in [9.17, 15) is 0 Å². The second-order valence-corrected chi connectivity index (χ2v) is 7.18. The molecule has 0 aromatic carbocycles. The van der Waals surface area contributed by atoms with E-state index < -0.39 is 0 Å². The molecule has 0 saturated heterocycles. The van der Waals surface area contributed by atoms with Crippen LogP contribution in [-0.4, -0.2) is 12.6 Å². The highest BCUT2D eigenvalue weighted by Crippen LogP contribution is 2.28. The molecular weight excluding hydrogens is 262 g/mol. The lowest BCUT2D eigenvalue weighted by Crippen LogP contribution is -2.31. The van der Waals surface area contributed by atoms with Gasteiger partial charge in [0.05, 0.1) is 0 Å². The molecule has 0 aliphatic heterocycles. The van der Waals surface area contributed by atoms with Gasteiger partial charge in [-0.1, -0.05) is 39.0 Å². The highest BCUT2D eigenvalue weighted by atomic mass is 32.1. The Bertz CT molecular complexity index is 327. The van der Waals surface area contributed by atoms with Crippen LogP contribution in [0.25, 0.3) is 0 Å². The second-order valence-electron chi connectivity index (χ2n) is 6.40. The Morgan fingerprint density at radius 3 is 2.80 bits per heavy atom. The lowest BCUT2D eigenvalue weighted by Gasteiger charge is -2.25. The number of hydrogen-bond acceptors (Lipinski definition) is 2. The largest absolute Gasteiger partial charge is 0.314 e. The van der Waals surface area contributed by atoms with E-state index in [2.05, 4.69) is 29.1 Å². The highest BCUT2D eigenvalue weighted by Gasteiger charge is 2.16. The molecule has 1 aromatic rings. The van der Waals surface area contributed by atoms with Crippen LogP contribution in [0, 0.1) is 5.92 Å². The minimum atomic E-state index is 0.733. The topological polar surface area (TPSA) is 12.0 Å². The van der Waals surface area contributed by atoms with Crippen molar-refractivity contribution < 1.29 is 0 Å². The molecule has 0 spiro atoms. The van der Waals surface area contributed by atoms with Gasteiger partial charge in [0.1, 0.15) is 0 Å². The Morgan fingerprint density at radius 2 is 2.10 bits per heavy atom. The van der Waals surface area contributed by atoms with Gasteiger partial charge in [0, 0.05) is 6.04 Å². The summed E-state index contributed by atoms with van der Waals surface area (Å²) < 4.78 is 0. The summed E-state index contributed by atoms with van der Waals surface area (Å²) in [5, 5.41) is 8.28. The molecule has 0 amide bonds. The molecule has 114 valence electrons. The van der Waals surface area contributed by atoms with Crippen molar-refractivity contribution in [2.24, 2.45) is 5.92 Å². The maximum Gasteiger partial charge on any atom is 0.00703 e. The molecule has 1 aromatic heterocycles. The van der Waals surface area contributed by atoms with Crippen LogP contribution in [0.5, 0.6) is 0 Å². The quantitative estimate of drug-likeness (QED) is 0.642. The first-order valence-corrected chi connectivity index (χ1v) is 9.57. The third kappa shape index (κ3) is 5.97. The van der Waals surface area contributed by atoms with E-state index in [0.29, 0.717) is 0 Å². The predicted octanol–water partition coefficient (Wildman–Crippen LogP) is 5.41. The average Bonchev–Trinajstić information content (AvgIpc) is 3.01. The fourth-order valence-corrected chi connectivity index (χ4v) is 4.09. The Morgan fingerprint density at radius 1 is 1.25 bits per heavy atom. The normalized spacial score (nSPS) is 18.2. The molecule has 1 aliphatic carbocycles. The summed E-state index contributed by atoms with van der Waals surface area (Å²) in [6.45, 7) is 3.45. The molecule has 0 bridgehead atoms. The zero-order chi connectivity index (χ0) is 14.0. The molecule has 1 N–H and O–H groups in total. The maximum absolute atomic E-state index is 3.77. The van der Waals surface area contributed by atoms with Crippen molar-refractivity contribution in [1.82, 2.24) is 5.32 Å². The number of hydrogen-bond donors (Lipinski definition) is 1. The van der Waals surface area contributed by atoms with Crippen LogP contribution in [-0.2, 0) is 6.42 Å². The third-order valence-electron chi connectivity index (χ3n) is 4.69. The number of thiophene rings is 1. The molecular formula is C18H31NS. The average molecular weight is 294 g/mol. The van der Waals surface area contributed by atoms with Gasteiger partial charge in [0.2, 0.25) is 0 Å². The molecule has 2 heteroatoms. The summed E-state index contributed by atoms with van der Waals surface area (Å²) in [7, 11) is 0. The Balaban J connectivity index is 1.70.